The second-order valence-electron chi connectivity index (χ2n) is 4.18. The molecule has 0 amide bonds. The number of nitrogens with one attached hydrogen (secondary N) is 1. The van der Waals surface area contributed by atoms with Crippen molar-refractivity contribution in [1.82, 2.24) is 9.88 Å². The Morgan fingerprint density at radius 2 is 2.15 bits per heavy atom. The summed E-state index contributed by atoms with van der Waals surface area (Å²) in [6.07, 6.45) is 0. The Morgan fingerprint density at radius 3 is 2.75 bits per heavy atom. The number of sulfonamides is 1. The summed E-state index contributed by atoms with van der Waals surface area (Å²) in [5.41, 5.74) is 1.13. The van der Waals surface area contributed by atoms with E-state index in [-0.39, 0.29) is 23.1 Å². The first-order valence-corrected chi connectivity index (χ1v) is 7.59. The highest BCUT2D eigenvalue weighted by Gasteiger charge is 2.19. The lowest BCUT2D eigenvalue weighted by Crippen LogP contribution is -2.23. The normalized spacial score (nSPS) is 11.8. The van der Waals surface area contributed by atoms with Crippen LogP contribution in [0.5, 0.6) is 0 Å². The van der Waals surface area contributed by atoms with Gasteiger partial charge in [-0.3, -0.25) is 0 Å². The van der Waals surface area contributed by atoms with E-state index in [4.69, 9.17) is 21.2 Å². The van der Waals surface area contributed by atoms with Gasteiger partial charge < -0.3 is 9.63 Å². The molecule has 6 nitrogen and oxygen atoms in total. The number of hydrogen-bond acceptors (Lipinski definition) is 5. The summed E-state index contributed by atoms with van der Waals surface area (Å²) in [4.78, 5) is -0.0815. The molecule has 0 aliphatic carbocycles. The molecular weight excluding hydrogens is 304 g/mol. The zero-order chi connectivity index (χ0) is 14.8. The molecule has 0 radical (unpaired) electrons. The Hall–Kier alpha value is -1.41. The molecule has 0 aliphatic rings. The maximum atomic E-state index is 12.2. The van der Waals surface area contributed by atoms with Crippen molar-refractivity contribution in [2.45, 2.75) is 25.0 Å². The highest BCUT2D eigenvalue weighted by molar-refractivity contribution is 7.89. The Bertz CT molecular complexity index is 712. The number of aliphatic hydroxyl groups is 1. The van der Waals surface area contributed by atoms with E-state index in [2.05, 4.69) is 9.88 Å². The SMILES string of the molecule is Cc1cc(CNS(=O)(=O)c2cc(CO)ccc2Cl)on1. The molecule has 0 bridgehead atoms. The lowest BCUT2D eigenvalue weighted by atomic mass is 10.2. The second kappa shape index (κ2) is 5.92. The molecule has 2 rings (SSSR count). The number of rotatable bonds is 5. The summed E-state index contributed by atoms with van der Waals surface area (Å²) in [7, 11) is -3.79. The standard InChI is InChI=1S/C12H13ClN2O4S/c1-8-4-10(19-15-8)6-14-20(17,18)12-5-9(7-16)2-3-11(12)13/h2-5,14,16H,6-7H2,1H3. The fraction of sp³-hybridized carbons (Fsp3) is 0.250. The van der Waals surface area contributed by atoms with Crippen LogP contribution < -0.4 is 4.72 Å². The number of aromatic nitrogens is 1. The third-order valence-corrected chi connectivity index (χ3v) is 4.46. The van der Waals surface area contributed by atoms with E-state index in [1.165, 1.54) is 12.1 Å². The quantitative estimate of drug-likeness (QED) is 0.874. The molecule has 0 fully saturated rings. The van der Waals surface area contributed by atoms with Gasteiger partial charge in [-0.2, -0.15) is 0 Å². The van der Waals surface area contributed by atoms with Gasteiger partial charge >= 0.3 is 0 Å². The third-order valence-electron chi connectivity index (χ3n) is 2.58. The summed E-state index contributed by atoms with van der Waals surface area (Å²) in [6.45, 7) is 1.45. The van der Waals surface area contributed by atoms with E-state index in [0.29, 0.717) is 17.0 Å². The minimum atomic E-state index is -3.79. The molecule has 0 unspecified atom stereocenters. The number of halogens is 1. The zero-order valence-electron chi connectivity index (χ0n) is 10.6. The van der Waals surface area contributed by atoms with Gasteiger partial charge in [-0.25, -0.2) is 13.1 Å². The first-order chi connectivity index (χ1) is 9.42. The second-order valence-corrected chi connectivity index (χ2v) is 6.32. The highest BCUT2D eigenvalue weighted by Crippen LogP contribution is 2.22. The van der Waals surface area contributed by atoms with Gasteiger partial charge in [-0.1, -0.05) is 22.8 Å². The van der Waals surface area contributed by atoms with Gasteiger partial charge in [-0.05, 0) is 24.6 Å². The lowest BCUT2D eigenvalue weighted by Gasteiger charge is -2.08. The Balaban J connectivity index is 2.21. The largest absolute Gasteiger partial charge is 0.392 e. The van der Waals surface area contributed by atoms with Crippen molar-refractivity contribution < 1.29 is 18.0 Å². The van der Waals surface area contributed by atoms with Gasteiger partial charge in [0.25, 0.3) is 0 Å². The third kappa shape index (κ3) is 3.37. The predicted molar refractivity (Wildman–Crippen MR) is 72.6 cm³/mol. The minimum Gasteiger partial charge on any atom is -0.392 e. The summed E-state index contributed by atoms with van der Waals surface area (Å²) < 4.78 is 31.6. The molecule has 2 N–H and O–H groups in total. The number of aryl methyl sites for hydroxylation is 1. The van der Waals surface area contributed by atoms with Gasteiger partial charge in [0, 0.05) is 6.07 Å². The van der Waals surface area contributed by atoms with E-state index in [1.807, 2.05) is 0 Å². The van der Waals surface area contributed by atoms with E-state index in [9.17, 15) is 8.42 Å². The maximum Gasteiger partial charge on any atom is 0.242 e. The van der Waals surface area contributed by atoms with Crippen LogP contribution >= 0.6 is 11.6 Å². The van der Waals surface area contributed by atoms with Crippen LogP contribution in [0, 0.1) is 6.92 Å². The van der Waals surface area contributed by atoms with Gasteiger partial charge in [0.2, 0.25) is 10.0 Å². The Morgan fingerprint density at radius 1 is 1.40 bits per heavy atom. The highest BCUT2D eigenvalue weighted by atomic mass is 35.5. The number of nitrogens with zero attached hydrogens (tertiary/aromatic N) is 1. The summed E-state index contributed by atoms with van der Waals surface area (Å²) in [5, 5.41) is 12.8. The molecule has 20 heavy (non-hydrogen) atoms. The van der Waals surface area contributed by atoms with Crippen LogP contribution in [0.1, 0.15) is 17.0 Å². The summed E-state index contributed by atoms with van der Waals surface area (Å²) in [6, 6.07) is 5.95. The first kappa shape index (κ1) is 15.0. The van der Waals surface area contributed by atoms with Crippen LogP contribution in [0.15, 0.2) is 33.7 Å². The number of hydrogen-bond donors (Lipinski definition) is 2. The first-order valence-electron chi connectivity index (χ1n) is 5.73. The van der Waals surface area contributed by atoms with Crippen molar-refractivity contribution >= 4 is 21.6 Å². The van der Waals surface area contributed by atoms with E-state index < -0.39 is 10.0 Å². The number of benzene rings is 1. The summed E-state index contributed by atoms with van der Waals surface area (Å²) in [5.74, 6) is 0.403. The maximum absolute atomic E-state index is 12.2. The molecule has 2 aromatic rings. The Kier molecular flexibility index (Phi) is 4.44. The van der Waals surface area contributed by atoms with Gasteiger partial charge in [0.05, 0.1) is 23.9 Å². The minimum absolute atomic E-state index is 0.0249. The molecule has 1 aromatic carbocycles. The monoisotopic (exact) mass is 316 g/mol. The molecule has 1 aromatic heterocycles. The molecular formula is C12H13ClN2O4S. The van der Waals surface area contributed by atoms with Crippen molar-refractivity contribution in [3.05, 3.63) is 46.3 Å². The molecule has 0 saturated carbocycles. The van der Waals surface area contributed by atoms with Crippen LogP contribution in [0.2, 0.25) is 5.02 Å². The van der Waals surface area contributed by atoms with Crippen LogP contribution in [0.3, 0.4) is 0 Å². The van der Waals surface area contributed by atoms with E-state index in [0.717, 1.165) is 0 Å². The van der Waals surface area contributed by atoms with Crippen LogP contribution in [-0.2, 0) is 23.2 Å². The fourth-order valence-electron chi connectivity index (χ4n) is 1.60. The molecule has 0 aliphatic heterocycles. The zero-order valence-corrected chi connectivity index (χ0v) is 12.2. The average Bonchev–Trinajstić information content (AvgIpc) is 2.83. The van der Waals surface area contributed by atoms with Crippen molar-refractivity contribution in [3.8, 4) is 0 Å². The van der Waals surface area contributed by atoms with Crippen molar-refractivity contribution in [3.63, 3.8) is 0 Å². The predicted octanol–water partition coefficient (Wildman–Crippen LogP) is 1.61. The van der Waals surface area contributed by atoms with Crippen molar-refractivity contribution in [1.29, 1.82) is 0 Å². The van der Waals surface area contributed by atoms with Crippen LogP contribution in [0.4, 0.5) is 0 Å². The van der Waals surface area contributed by atoms with Gasteiger partial charge in [0.15, 0.2) is 5.76 Å². The lowest BCUT2D eigenvalue weighted by molar-refractivity contribution is 0.281. The van der Waals surface area contributed by atoms with Gasteiger partial charge in [-0.15, -0.1) is 0 Å². The van der Waals surface area contributed by atoms with E-state index >= 15 is 0 Å². The molecule has 0 atom stereocenters. The smallest absolute Gasteiger partial charge is 0.242 e. The molecule has 0 saturated heterocycles. The fourth-order valence-corrected chi connectivity index (χ4v) is 3.14. The average molecular weight is 317 g/mol. The topological polar surface area (TPSA) is 92.4 Å². The number of aliphatic hydroxyl groups excluding tert-OH is 1. The van der Waals surface area contributed by atoms with Crippen molar-refractivity contribution in [2.24, 2.45) is 0 Å². The molecule has 108 valence electrons. The Labute approximate surface area is 121 Å². The molecule has 8 heteroatoms. The molecule has 0 spiro atoms. The van der Waals surface area contributed by atoms with E-state index in [1.54, 1.807) is 19.1 Å². The van der Waals surface area contributed by atoms with Crippen LogP contribution in [0.25, 0.3) is 0 Å². The molecule has 1 heterocycles. The van der Waals surface area contributed by atoms with Gasteiger partial charge in [0.1, 0.15) is 4.90 Å². The van der Waals surface area contributed by atoms with Crippen LogP contribution in [-0.4, -0.2) is 18.7 Å². The summed E-state index contributed by atoms with van der Waals surface area (Å²) >= 11 is 5.89. The van der Waals surface area contributed by atoms with Crippen molar-refractivity contribution in [2.75, 3.05) is 0 Å².